The molecular weight excluding hydrogens is 258 g/mol. The summed E-state index contributed by atoms with van der Waals surface area (Å²) in [5, 5.41) is 15.3. The Balaban J connectivity index is 2.48. The number of nitrogens with one attached hydrogen (secondary N) is 2. The van der Waals surface area contributed by atoms with Gasteiger partial charge in [0, 0.05) is 25.7 Å². The van der Waals surface area contributed by atoms with Gasteiger partial charge >= 0.3 is 5.00 Å². The third kappa shape index (κ3) is 3.98. The van der Waals surface area contributed by atoms with Gasteiger partial charge in [-0.2, -0.15) is 0 Å². The molecule has 2 amide bonds. The van der Waals surface area contributed by atoms with Gasteiger partial charge in [0.2, 0.25) is 5.91 Å². The standard InChI is InChI=1S/C10H11N3O4S/c1-11-8(14)3-2-6-12-10(15)7-4-5-9(18-7)13(16)17/h2-5H,6H2,1H3,(H,11,14)(H,12,15)/b3-2+. The summed E-state index contributed by atoms with van der Waals surface area (Å²) in [6.45, 7) is 0.179. The average Bonchev–Trinajstić information content (AvgIpc) is 2.83. The van der Waals surface area contributed by atoms with E-state index < -0.39 is 10.8 Å². The molecule has 0 aliphatic rings. The first-order valence-corrected chi connectivity index (χ1v) is 5.77. The van der Waals surface area contributed by atoms with Crippen LogP contribution in [0, 0.1) is 10.1 Å². The number of thiophene rings is 1. The minimum atomic E-state index is -0.549. The van der Waals surface area contributed by atoms with Crippen molar-refractivity contribution in [3.63, 3.8) is 0 Å². The Hall–Kier alpha value is -2.22. The van der Waals surface area contributed by atoms with Crippen molar-refractivity contribution in [1.29, 1.82) is 0 Å². The van der Waals surface area contributed by atoms with Crippen LogP contribution in [0.2, 0.25) is 0 Å². The van der Waals surface area contributed by atoms with Gasteiger partial charge in [-0.25, -0.2) is 0 Å². The Morgan fingerprint density at radius 2 is 2.22 bits per heavy atom. The minimum Gasteiger partial charge on any atom is -0.356 e. The summed E-state index contributed by atoms with van der Waals surface area (Å²) in [5.74, 6) is -0.675. The lowest BCUT2D eigenvalue weighted by atomic mass is 10.4. The van der Waals surface area contributed by atoms with E-state index in [9.17, 15) is 19.7 Å². The Labute approximate surface area is 107 Å². The summed E-state index contributed by atoms with van der Waals surface area (Å²) in [4.78, 5) is 32.5. The van der Waals surface area contributed by atoms with Crippen LogP contribution in [-0.4, -0.2) is 30.3 Å². The molecule has 0 unspecified atom stereocenters. The highest BCUT2D eigenvalue weighted by molar-refractivity contribution is 7.17. The van der Waals surface area contributed by atoms with Crippen molar-refractivity contribution in [2.75, 3.05) is 13.6 Å². The van der Waals surface area contributed by atoms with Gasteiger partial charge in [-0.1, -0.05) is 17.4 Å². The molecule has 0 aromatic carbocycles. The van der Waals surface area contributed by atoms with Crippen molar-refractivity contribution in [2.24, 2.45) is 0 Å². The van der Waals surface area contributed by atoms with Crippen molar-refractivity contribution in [3.8, 4) is 0 Å². The first-order chi connectivity index (χ1) is 8.54. The van der Waals surface area contributed by atoms with Gasteiger partial charge in [0.05, 0.1) is 9.80 Å². The molecule has 0 bridgehead atoms. The number of amides is 2. The molecule has 0 saturated carbocycles. The molecule has 96 valence electrons. The molecule has 0 saturated heterocycles. The largest absolute Gasteiger partial charge is 0.356 e. The van der Waals surface area contributed by atoms with E-state index in [0.29, 0.717) is 0 Å². The van der Waals surface area contributed by atoms with E-state index in [2.05, 4.69) is 10.6 Å². The maximum Gasteiger partial charge on any atom is 0.324 e. The Bertz CT molecular complexity index is 495. The van der Waals surface area contributed by atoms with Crippen molar-refractivity contribution < 1.29 is 14.5 Å². The van der Waals surface area contributed by atoms with E-state index in [1.54, 1.807) is 0 Å². The van der Waals surface area contributed by atoms with E-state index in [1.807, 2.05) is 0 Å². The highest BCUT2D eigenvalue weighted by atomic mass is 32.1. The number of nitro groups is 1. The Morgan fingerprint density at radius 1 is 1.50 bits per heavy atom. The van der Waals surface area contributed by atoms with Crippen LogP contribution >= 0.6 is 11.3 Å². The topological polar surface area (TPSA) is 101 Å². The van der Waals surface area contributed by atoms with E-state index in [1.165, 1.54) is 31.3 Å². The molecule has 0 aliphatic heterocycles. The van der Waals surface area contributed by atoms with Crippen LogP contribution in [0.15, 0.2) is 24.3 Å². The van der Waals surface area contributed by atoms with Crippen LogP contribution in [0.1, 0.15) is 9.67 Å². The fraction of sp³-hybridized carbons (Fsp3) is 0.200. The molecule has 0 aliphatic carbocycles. The van der Waals surface area contributed by atoms with Crippen LogP contribution in [-0.2, 0) is 4.79 Å². The fourth-order valence-corrected chi connectivity index (χ4v) is 1.77. The van der Waals surface area contributed by atoms with Gasteiger partial charge in [-0.05, 0) is 6.07 Å². The molecule has 1 aromatic rings. The van der Waals surface area contributed by atoms with Crippen LogP contribution in [0.5, 0.6) is 0 Å². The second-order valence-corrected chi connectivity index (χ2v) is 4.18. The SMILES string of the molecule is CNC(=O)/C=C/CNC(=O)c1ccc([N+](=O)[O-])s1. The van der Waals surface area contributed by atoms with Crippen LogP contribution in [0.3, 0.4) is 0 Å². The number of nitrogens with zero attached hydrogens (tertiary/aromatic N) is 1. The highest BCUT2D eigenvalue weighted by Gasteiger charge is 2.14. The monoisotopic (exact) mass is 269 g/mol. The number of hydrogen-bond donors (Lipinski definition) is 2. The molecule has 0 fully saturated rings. The quantitative estimate of drug-likeness (QED) is 0.466. The maximum atomic E-state index is 11.5. The van der Waals surface area contributed by atoms with Crippen molar-refractivity contribution in [3.05, 3.63) is 39.3 Å². The number of rotatable bonds is 5. The van der Waals surface area contributed by atoms with Gasteiger partial charge < -0.3 is 10.6 Å². The second-order valence-electron chi connectivity index (χ2n) is 3.12. The van der Waals surface area contributed by atoms with Crippen LogP contribution in [0.4, 0.5) is 5.00 Å². The minimum absolute atomic E-state index is 0.0824. The normalized spacial score (nSPS) is 10.3. The zero-order chi connectivity index (χ0) is 13.5. The van der Waals surface area contributed by atoms with Crippen molar-refractivity contribution >= 4 is 28.2 Å². The zero-order valence-electron chi connectivity index (χ0n) is 9.50. The number of carbonyl (C=O) groups excluding carboxylic acids is 2. The smallest absolute Gasteiger partial charge is 0.324 e. The number of carbonyl (C=O) groups is 2. The van der Waals surface area contributed by atoms with Gasteiger partial charge in [0.1, 0.15) is 0 Å². The average molecular weight is 269 g/mol. The van der Waals surface area contributed by atoms with Crippen molar-refractivity contribution in [2.45, 2.75) is 0 Å². The van der Waals surface area contributed by atoms with E-state index >= 15 is 0 Å². The first kappa shape index (κ1) is 13.8. The molecule has 18 heavy (non-hydrogen) atoms. The molecule has 0 radical (unpaired) electrons. The molecule has 7 nitrogen and oxygen atoms in total. The van der Waals surface area contributed by atoms with Gasteiger partial charge in [0.15, 0.2) is 0 Å². The summed E-state index contributed by atoms with van der Waals surface area (Å²) < 4.78 is 0. The van der Waals surface area contributed by atoms with Gasteiger partial charge in [-0.15, -0.1) is 0 Å². The van der Waals surface area contributed by atoms with Crippen LogP contribution in [0.25, 0.3) is 0 Å². The molecular formula is C10H11N3O4S. The Morgan fingerprint density at radius 3 is 2.78 bits per heavy atom. The zero-order valence-corrected chi connectivity index (χ0v) is 10.3. The molecule has 1 heterocycles. The van der Waals surface area contributed by atoms with Crippen LogP contribution < -0.4 is 10.6 Å². The van der Waals surface area contributed by atoms with E-state index in [-0.39, 0.29) is 22.3 Å². The lowest BCUT2D eigenvalue weighted by Gasteiger charge is -1.98. The lowest BCUT2D eigenvalue weighted by Crippen LogP contribution is -2.23. The number of likely N-dealkylation sites (N-methyl/N-ethyl adjacent to an activating group) is 1. The lowest BCUT2D eigenvalue weighted by molar-refractivity contribution is -0.380. The fourth-order valence-electron chi connectivity index (χ4n) is 1.04. The first-order valence-electron chi connectivity index (χ1n) is 4.95. The third-order valence-corrected chi connectivity index (χ3v) is 2.93. The molecule has 1 rings (SSSR count). The predicted octanol–water partition coefficient (Wildman–Crippen LogP) is 0.688. The number of hydrogen-bond acceptors (Lipinski definition) is 5. The summed E-state index contributed by atoms with van der Waals surface area (Å²) in [6.07, 6.45) is 2.77. The Kier molecular flexibility index (Phi) is 5.00. The second kappa shape index (κ2) is 6.50. The summed E-state index contributed by atoms with van der Waals surface area (Å²) >= 11 is 0.803. The summed E-state index contributed by atoms with van der Waals surface area (Å²) in [5.41, 5.74) is 0. The molecule has 2 N–H and O–H groups in total. The van der Waals surface area contributed by atoms with E-state index in [4.69, 9.17) is 0 Å². The molecule has 0 atom stereocenters. The molecule has 1 aromatic heterocycles. The predicted molar refractivity (Wildman–Crippen MR) is 66.5 cm³/mol. The molecule has 8 heteroatoms. The highest BCUT2D eigenvalue weighted by Crippen LogP contribution is 2.23. The van der Waals surface area contributed by atoms with E-state index in [0.717, 1.165) is 11.3 Å². The molecule has 0 spiro atoms. The van der Waals surface area contributed by atoms with Gasteiger partial charge in [0.25, 0.3) is 5.91 Å². The third-order valence-electron chi connectivity index (χ3n) is 1.89. The van der Waals surface area contributed by atoms with Crippen molar-refractivity contribution in [1.82, 2.24) is 10.6 Å². The summed E-state index contributed by atoms with van der Waals surface area (Å²) in [7, 11) is 1.50. The maximum absolute atomic E-state index is 11.5. The van der Waals surface area contributed by atoms with Gasteiger partial charge in [-0.3, -0.25) is 19.7 Å². The summed E-state index contributed by atoms with van der Waals surface area (Å²) in [6, 6.07) is 2.67.